The molecule has 3 nitrogen and oxygen atoms in total. The van der Waals surface area contributed by atoms with E-state index in [1.54, 1.807) is 53.4 Å². The maximum Gasteiger partial charge on any atom is 0.254 e. The summed E-state index contributed by atoms with van der Waals surface area (Å²) in [5, 5.41) is 1.22. The number of hydrogen-bond acceptors (Lipinski definition) is 2. The van der Waals surface area contributed by atoms with Crippen LogP contribution in [-0.4, -0.2) is 22.3 Å². The van der Waals surface area contributed by atoms with Gasteiger partial charge in [-0.3, -0.25) is 4.79 Å². The lowest BCUT2D eigenvalue weighted by Gasteiger charge is -2.22. The van der Waals surface area contributed by atoms with Gasteiger partial charge in [-0.15, -0.1) is 6.58 Å². The number of amides is 1. The average molecular weight is 355 g/mol. The second-order valence-electron chi connectivity index (χ2n) is 5.61. The zero-order chi connectivity index (χ0) is 17.8. The average Bonchev–Trinajstić information content (AvgIpc) is 2.62. The molecule has 3 aromatic rings. The molecule has 0 spiro atoms. The van der Waals surface area contributed by atoms with Crippen LogP contribution in [0.2, 0.25) is 5.15 Å². The molecule has 0 saturated carbocycles. The molecule has 2 aromatic carbocycles. The molecule has 0 radical (unpaired) electrons. The van der Waals surface area contributed by atoms with Crippen LogP contribution in [0.1, 0.15) is 15.9 Å². The third-order valence-electron chi connectivity index (χ3n) is 3.86. The topological polar surface area (TPSA) is 33.2 Å². The van der Waals surface area contributed by atoms with Crippen LogP contribution in [0.15, 0.2) is 67.3 Å². The van der Waals surface area contributed by atoms with Gasteiger partial charge in [-0.1, -0.05) is 35.9 Å². The first-order valence-electron chi connectivity index (χ1n) is 7.78. The molecule has 0 saturated heterocycles. The highest BCUT2D eigenvalue weighted by Crippen LogP contribution is 2.19. The summed E-state index contributed by atoms with van der Waals surface area (Å²) in [5.74, 6) is -0.526. The first-order chi connectivity index (χ1) is 12.1. The van der Waals surface area contributed by atoms with E-state index >= 15 is 0 Å². The van der Waals surface area contributed by atoms with Gasteiger partial charge in [0.05, 0.1) is 5.52 Å². The molecule has 1 heterocycles. The zero-order valence-corrected chi connectivity index (χ0v) is 14.2. The van der Waals surface area contributed by atoms with Crippen LogP contribution in [0.3, 0.4) is 0 Å². The van der Waals surface area contributed by atoms with Crippen LogP contribution in [0.4, 0.5) is 4.39 Å². The first kappa shape index (κ1) is 17.1. The molecule has 25 heavy (non-hydrogen) atoms. The van der Waals surface area contributed by atoms with Crippen molar-refractivity contribution in [2.24, 2.45) is 0 Å². The standard InChI is InChI=1S/C20H16ClFN2O/c1-2-11-24(13-16-5-3-4-6-17(16)22)20(25)15-7-9-18-14(12-15)8-10-19(21)23-18/h2-10,12H,1,11,13H2. The Bertz CT molecular complexity index is 942. The van der Waals surface area contributed by atoms with Crippen LogP contribution in [-0.2, 0) is 6.54 Å². The minimum absolute atomic E-state index is 0.175. The van der Waals surface area contributed by atoms with E-state index in [4.69, 9.17) is 11.6 Å². The molecule has 3 rings (SSSR count). The lowest BCUT2D eigenvalue weighted by molar-refractivity contribution is 0.0761. The highest BCUT2D eigenvalue weighted by atomic mass is 35.5. The third-order valence-corrected chi connectivity index (χ3v) is 4.07. The van der Waals surface area contributed by atoms with E-state index in [0.717, 1.165) is 5.39 Å². The minimum Gasteiger partial charge on any atom is -0.331 e. The fourth-order valence-corrected chi connectivity index (χ4v) is 2.78. The number of carbonyl (C=O) groups excluding carboxylic acids is 1. The van der Waals surface area contributed by atoms with Gasteiger partial charge in [-0.2, -0.15) is 0 Å². The molecular weight excluding hydrogens is 339 g/mol. The predicted molar refractivity (Wildman–Crippen MR) is 98.1 cm³/mol. The van der Waals surface area contributed by atoms with Gasteiger partial charge in [0.1, 0.15) is 11.0 Å². The molecule has 0 N–H and O–H groups in total. The Balaban J connectivity index is 1.91. The smallest absolute Gasteiger partial charge is 0.254 e. The molecule has 0 bridgehead atoms. The molecule has 1 amide bonds. The summed E-state index contributed by atoms with van der Waals surface area (Å²) < 4.78 is 13.9. The van der Waals surface area contributed by atoms with Crippen molar-refractivity contribution in [1.29, 1.82) is 0 Å². The molecule has 5 heteroatoms. The minimum atomic E-state index is -0.332. The second-order valence-corrected chi connectivity index (χ2v) is 5.99. The van der Waals surface area contributed by atoms with Gasteiger partial charge in [0.15, 0.2) is 0 Å². The maximum atomic E-state index is 13.9. The normalized spacial score (nSPS) is 10.6. The Kier molecular flexibility index (Phi) is 5.10. The highest BCUT2D eigenvalue weighted by Gasteiger charge is 2.17. The number of halogens is 2. The molecule has 1 aromatic heterocycles. The lowest BCUT2D eigenvalue weighted by atomic mass is 10.1. The summed E-state index contributed by atoms with van der Waals surface area (Å²) in [4.78, 5) is 18.6. The van der Waals surface area contributed by atoms with Crippen molar-refractivity contribution in [2.45, 2.75) is 6.54 Å². The fourth-order valence-electron chi connectivity index (χ4n) is 2.62. The van der Waals surface area contributed by atoms with Crippen molar-refractivity contribution < 1.29 is 9.18 Å². The molecule has 0 aliphatic rings. The number of pyridine rings is 1. The van der Waals surface area contributed by atoms with Gasteiger partial charge < -0.3 is 4.90 Å². The summed E-state index contributed by atoms with van der Waals surface area (Å²) in [6.07, 6.45) is 1.63. The van der Waals surface area contributed by atoms with E-state index < -0.39 is 0 Å². The molecule has 126 valence electrons. The number of carbonyl (C=O) groups is 1. The molecule has 0 aliphatic heterocycles. The van der Waals surface area contributed by atoms with Gasteiger partial charge in [-0.05, 0) is 36.4 Å². The predicted octanol–water partition coefficient (Wildman–Crippen LogP) is 4.86. The molecule has 0 atom stereocenters. The molecule has 0 aliphatic carbocycles. The van der Waals surface area contributed by atoms with Crippen molar-refractivity contribution in [3.63, 3.8) is 0 Å². The summed E-state index contributed by atoms with van der Waals surface area (Å²) in [6.45, 7) is 4.19. The van der Waals surface area contributed by atoms with Gasteiger partial charge in [0, 0.05) is 29.6 Å². The number of nitrogens with zero attached hydrogens (tertiary/aromatic N) is 2. The number of hydrogen-bond donors (Lipinski definition) is 0. The van der Waals surface area contributed by atoms with E-state index in [2.05, 4.69) is 11.6 Å². The Morgan fingerprint density at radius 1 is 1.20 bits per heavy atom. The van der Waals surface area contributed by atoms with Gasteiger partial charge in [0.2, 0.25) is 0 Å². The van der Waals surface area contributed by atoms with E-state index in [0.29, 0.717) is 28.3 Å². The molecular formula is C20H16ClFN2O. The van der Waals surface area contributed by atoms with Gasteiger partial charge in [0.25, 0.3) is 5.91 Å². The number of rotatable bonds is 5. The zero-order valence-electron chi connectivity index (χ0n) is 13.5. The number of fused-ring (bicyclic) bond motifs is 1. The summed E-state index contributed by atoms with van der Waals surface area (Å²) in [6, 6.07) is 15.1. The van der Waals surface area contributed by atoms with E-state index in [1.165, 1.54) is 6.07 Å². The molecule has 0 fully saturated rings. The quantitative estimate of drug-likeness (QED) is 0.484. The Labute approximate surface area is 150 Å². The van der Waals surface area contributed by atoms with Crippen molar-refractivity contribution in [3.05, 3.63) is 89.3 Å². The highest BCUT2D eigenvalue weighted by molar-refractivity contribution is 6.29. The van der Waals surface area contributed by atoms with Crippen molar-refractivity contribution in [2.75, 3.05) is 6.54 Å². The van der Waals surface area contributed by atoms with Crippen LogP contribution in [0, 0.1) is 5.82 Å². The van der Waals surface area contributed by atoms with Gasteiger partial charge >= 0.3 is 0 Å². The van der Waals surface area contributed by atoms with E-state index in [-0.39, 0.29) is 18.3 Å². The SMILES string of the molecule is C=CCN(Cc1ccccc1F)C(=O)c1ccc2nc(Cl)ccc2c1. The Morgan fingerprint density at radius 3 is 2.76 bits per heavy atom. The van der Waals surface area contributed by atoms with Crippen molar-refractivity contribution >= 4 is 28.4 Å². The number of aromatic nitrogens is 1. The second kappa shape index (κ2) is 7.45. The van der Waals surface area contributed by atoms with Crippen molar-refractivity contribution in [3.8, 4) is 0 Å². The van der Waals surface area contributed by atoms with Crippen LogP contribution in [0.25, 0.3) is 10.9 Å². The van der Waals surface area contributed by atoms with E-state index in [1.807, 2.05) is 6.07 Å². The maximum absolute atomic E-state index is 13.9. The molecule has 0 unspecified atom stereocenters. The first-order valence-corrected chi connectivity index (χ1v) is 8.16. The summed E-state index contributed by atoms with van der Waals surface area (Å²) in [5.41, 5.74) is 1.69. The van der Waals surface area contributed by atoms with E-state index in [9.17, 15) is 9.18 Å². The van der Waals surface area contributed by atoms with Gasteiger partial charge in [-0.25, -0.2) is 9.37 Å². The Hall–Kier alpha value is -2.72. The van der Waals surface area contributed by atoms with Crippen LogP contribution in [0.5, 0.6) is 0 Å². The largest absolute Gasteiger partial charge is 0.331 e. The van der Waals surface area contributed by atoms with Crippen LogP contribution >= 0.6 is 11.6 Å². The summed E-state index contributed by atoms with van der Waals surface area (Å²) in [7, 11) is 0. The fraction of sp³-hybridized carbons (Fsp3) is 0.100. The van der Waals surface area contributed by atoms with Crippen LogP contribution < -0.4 is 0 Å². The lowest BCUT2D eigenvalue weighted by Crippen LogP contribution is -2.31. The van der Waals surface area contributed by atoms with Crippen molar-refractivity contribution in [1.82, 2.24) is 9.88 Å². The third kappa shape index (κ3) is 3.86. The number of benzene rings is 2. The Morgan fingerprint density at radius 2 is 2.00 bits per heavy atom. The summed E-state index contributed by atoms with van der Waals surface area (Å²) >= 11 is 5.88. The monoisotopic (exact) mass is 354 g/mol.